The third-order valence-corrected chi connectivity index (χ3v) is 3.93. The third-order valence-electron chi connectivity index (χ3n) is 2.61. The highest BCUT2D eigenvalue weighted by molar-refractivity contribution is 8.13. The van der Waals surface area contributed by atoms with Gasteiger partial charge in [0, 0.05) is 37.6 Å². The van der Waals surface area contributed by atoms with Crippen LogP contribution in [-0.2, 0) is 29.8 Å². The smallest absolute Gasteiger partial charge is 0.355 e. The fourth-order valence-electron chi connectivity index (χ4n) is 1.67. The van der Waals surface area contributed by atoms with Gasteiger partial charge in [0.15, 0.2) is 0 Å². The lowest BCUT2D eigenvalue weighted by Gasteiger charge is -2.13. The molecule has 120 valence electrons. The molecule has 1 aromatic heterocycles. The Balaban J connectivity index is 3.02. The van der Waals surface area contributed by atoms with Crippen LogP contribution in [0.3, 0.4) is 0 Å². The predicted molar refractivity (Wildman–Crippen MR) is 76.1 cm³/mol. The van der Waals surface area contributed by atoms with E-state index in [1.807, 2.05) is 0 Å². The molecule has 0 saturated carbocycles. The van der Waals surface area contributed by atoms with E-state index in [2.05, 4.69) is 0 Å². The number of hydrogen-bond donors (Lipinski definition) is 0. The van der Waals surface area contributed by atoms with Gasteiger partial charge in [-0.25, -0.2) is 13.2 Å². The molecular weight excluding hydrogens is 322 g/mol. The molecule has 1 atom stereocenters. The molecule has 1 aromatic rings. The van der Waals surface area contributed by atoms with Crippen molar-refractivity contribution in [2.45, 2.75) is 24.5 Å². The lowest BCUT2D eigenvalue weighted by molar-refractivity contribution is 0.0108. The molecule has 7 nitrogen and oxygen atoms in total. The van der Waals surface area contributed by atoms with E-state index >= 15 is 0 Å². The summed E-state index contributed by atoms with van der Waals surface area (Å²) < 4.78 is 39.1. The Bertz CT molecular complexity index is 583. The van der Waals surface area contributed by atoms with Crippen molar-refractivity contribution in [1.29, 1.82) is 0 Å². The maximum Gasteiger partial charge on any atom is 0.355 e. The van der Waals surface area contributed by atoms with E-state index in [-0.39, 0.29) is 17.2 Å². The van der Waals surface area contributed by atoms with Crippen molar-refractivity contribution in [3.8, 4) is 0 Å². The average Bonchev–Trinajstić information content (AvgIpc) is 2.80. The Labute approximate surface area is 128 Å². The summed E-state index contributed by atoms with van der Waals surface area (Å²) in [6, 6.07) is 1.18. The number of ether oxygens (including phenoxy) is 3. The van der Waals surface area contributed by atoms with Gasteiger partial charge in [0.05, 0.1) is 13.2 Å². The Hall–Kier alpha value is -1.09. The van der Waals surface area contributed by atoms with Crippen LogP contribution in [0.5, 0.6) is 0 Å². The minimum absolute atomic E-state index is 0.0919. The first kappa shape index (κ1) is 18.0. The molecule has 0 radical (unpaired) electrons. The molecule has 1 heterocycles. The minimum Gasteiger partial charge on any atom is -0.456 e. The highest BCUT2D eigenvalue weighted by Gasteiger charge is 2.22. The molecule has 0 N–H and O–H groups in total. The molecular formula is C12H18ClNO6S. The van der Waals surface area contributed by atoms with Gasteiger partial charge in [-0.05, 0) is 13.0 Å². The van der Waals surface area contributed by atoms with Crippen molar-refractivity contribution in [3.05, 3.63) is 18.0 Å². The first-order valence-corrected chi connectivity index (χ1v) is 8.44. The topological polar surface area (TPSA) is 83.8 Å². The number of rotatable bonds is 8. The molecule has 1 unspecified atom stereocenters. The summed E-state index contributed by atoms with van der Waals surface area (Å²) in [5, 5.41) is 0. The van der Waals surface area contributed by atoms with Gasteiger partial charge in [-0.1, -0.05) is 0 Å². The average molecular weight is 340 g/mol. The molecule has 0 aliphatic rings. The van der Waals surface area contributed by atoms with E-state index in [0.29, 0.717) is 13.2 Å². The Morgan fingerprint density at radius 2 is 2.05 bits per heavy atom. The normalized spacial score (nSPS) is 13.1. The van der Waals surface area contributed by atoms with Gasteiger partial charge in [-0.15, -0.1) is 0 Å². The number of methoxy groups -OCH3 is 2. The van der Waals surface area contributed by atoms with Crippen molar-refractivity contribution < 1.29 is 27.4 Å². The van der Waals surface area contributed by atoms with Crippen LogP contribution in [0, 0.1) is 0 Å². The maximum atomic E-state index is 12.1. The molecule has 1 rings (SSSR count). The number of halogens is 1. The van der Waals surface area contributed by atoms with E-state index in [1.165, 1.54) is 31.0 Å². The van der Waals surface area contributed by atoms with Crippen LogP contribution >= 0.6 is 10.7 Å². The van der Waals surface area contributed by atoms with Gasteiger partial charge in [-0.3, -0.25) is 0 Å². The van der Waals surface area contributed by atoms with Crippen LogP contribution in [0.25, 0.3) is 0 Å². The second kappa shape index (κ2) is 7.79. The Morgan fingerprint density at radius 1 is 1.38 bits per heavy atom. The van der Waals surface area contributed by atoms with E-state index in [1.54, 1.807) is 6.92 Å². The predicted octanol–water partition coefficient (Wildman–Crippen LogP) is 1.25. The van der Waals surface area contributed by atoms with Crippen LogP contribution in [0.4, 0.5) is 0 Å². The maximum absolute atomic E-state index is 12.1. The largest absolute Gasteiger partial charge is 0.456 e. The van der Waals surface area contributed by atoms with Crippen molar-refractivity contribution in [2.24, 2.45) is 0 Å². The Morgan fingerprint density at radius 3 is 2.57 bits per heavy atom. The molecule has 0 amide bonds. The summed E-state index contributed by atoms with van der Waals surface area (Å²) in [4.78, 5) is 11.9. The fraction of sp³-hybridized carbons (Fsp3) is 0.583. The summed E-state index contributed by atoms with van der Waals surface area (Å²) >= 11 is 0. The summed E-state index contributed by atoms with van der Waals surface area (Å²) in [7, 11) is 4.36. The van der Waals surface area contributed by atoms with Crippen molar-refractivity contribution in [2.75, 3.05) is 27.4 Å². The number of carbonyl (C=O) groups is 1. The number of hydrogen-bond acceptors (Lipinski definition) is 6. The zero-order valence-electron chi connectivity index (χ0n) is 12.0. The fourth-order valence-corrected chi connectivity index (χ4v) is 2.43. The second-order valence-electron chi connectivity index (χ2n) is 4.36. The second-order valence-corrected chi connectivity index (χ2v) is 6.92. The van der Waals surface area contributed by atoms with E-state index in [4.69, 9.17) is 24.9 Å². The van der Waals surface area contributed by atoms with Gasteiger partial charge in [0.2, 0.25) is 0 Å². The number of esters is 1. The first-order chi connectivity index (χ1) is 9.79. The van der Waals surface area contributed by atoms with Crippen LogP contribution in [0.15, 0.2) is 17.2 Å². The first-order valence-electron chi connectivity index (χ1n) is 6.13. The highest BCUT2D eigenvalue weighted by atomic mass is 35.7. The van der Waals surface area contributed by atoms with Crippen LogP contribution in [0.2, 0.25) is 0 Å². The van der Waals surface area contributed by atoms with E-state index in [9.17, 15) is 13.2 Å². The summed E-state index contributed by atoms with van der Waals surface area (Å²) in [5.74, 6) is -0.651. The van der Waals surface area contributed by atoms with Gasteiger partial charge in [0.25, 0.3) is 9.05 Å². The van der Waals surface area contributed by atoms with Gasteiger partial charge in [0.1, 0.15) is 16.7 Å². The van der Waals surface area contributed by atoms with Gasteiger partial charge in [-0.2, -0.15) is 0 Å². The standard InChI is InChI=1S/C12H18ClNO6S/c1-9(8-19-3)20-12(15)11-6-10(21(13,16)17)7-14(11)4-5-18-2/h6-7,9H,4-5,8H2,1-3H3. The van der Waals surface area contributed by atoms with Gasteiger partial charge < -0.3 is 18.8 Å². The summed E-state index contributed by atoms with van der Waals surface area (Å²) in [6.07, 6.45) is 0.822. The van der Waals surface area contributed by atoms with Crippen LogP contribution < -0.4 is 0 Å². The summed E-state index contributed by atoms with van der Waals surface area (Å²) in [6.45, 7) is 2.52. The molecule has 0 saturated heterocycles. The van der Waals surface area contributed by atoms with Crippen molar-refractivity contribution >= 4 is 25.7 Å². The zero-order chi connectivity index (χ0) is 16.0. The summed E-state index contributed by atoms with van der Waals surface area (Å²) in [5.41, 5.74) is 0.0919. The van der Waals surface area contributed by atoms with Crippen LogP contribution in [-0.4, -0.2) is 52.5 Å². The molecule has 0 aromatic carbocycles. The minimum atomic E-state index is -3.92. The van der Waals surface area contributed by atoms with E-state index in [0.717, 1.165) is 0 Å². The van der Waals surface area contributed by atoms with Crippen molar-refractivity contribution in [1.82, 2.24) is 4.57 Å². The molecule has 0 fully saturated rings. The molecule has 0 spiro atoms. The van der Waals surface area contributed by atoms with Crippen LogP contribution in [0.1, 0.15) is 17.4 Å². The molecule has 21 heavy (non-hydrogen) atoms. The molecule has 0 bridgehead atoms. The lowest BCUT2D eigenvalue weighted by Crippen LogP contribution is -2.22. The molecule has 9 heteroatoms. The van der Waals surface area contributed by atoms with Crippen molar-refractivity contribution in [3.63, 3.8) is 0 Å². The molecule has 0 aliphatic carbocycles. The third kappa shape index (κ3) is 5.31. The lowest BCUT2D eigenvalue weighted by atomic mass is 10.4. The number of aromatic nitrogens is 1. The number of carbonyl (C=O) groups excluding carboxylic acids is 1. The Kier molecular flexibility index (Phi) is 6.66. The zero-order valence-corrected chi connectivity index (χ0v) is 13.6. The quantitative estimate of drug-likeness (QED) is 0.523. The SMILES string of the molecule is COCCn1cc(S(=O)(=O)Cl)cc1C(=O)OC(C)COC. The van der Waals surface area contributed by atoms with Gasteiger partial charge >= 0.3 is 5.97 Å². The number of nitrogens with zero attached hydrogens (tertiary/aromatic N) is 1. The van der Waals surface area contributed by atoms with E-state index < -0.39 is 21.1 Å². The molecule has 0 aliphatic heterocycles. The monoisotopic (exact) mass is 339 g/mol. The highest BCUT2D eigenvalue weighted by Crippen LogP contribution is 2.19.